The van der Waals surface area contributed by atoms with Gasteiger partial charge in [0.25, 0.3) is 5.91 Å². The minimum absolute atomic E-state index is 0.0295. The summed E-state index contributed by atoms with van der Waals surface area (Å²) < 4.78 is 14.0. The number of hydrogen-bond acceptors (Lipinski definition) is 3. The highest BCUT2D eigenvalue weighted by Crippen LogP contribution is 2.33. The van der Waals surface area contributed by atoms with Crippen LogP contribution in [-0.4, -0.2) is 65.1 Å². The number of hydrogen-bond donors (Lipinski definition) is 0. The van der Waals surface area contributed by atoms with Crippen LogP contribution in [0.25, 0.3) is 0 Å². The predicted molar refractivity (Wildman–Crippen MR) is 118 cm³/mol. The molecule has 32 heavy (non-hydrogen) atoms. The van der Waals surface area contributed by atoms with E-state index in [-0.39, 0.29) is 35.7 Å². The highest BCUT2D eigenvalue weighted by Gasteiger charge is 2.32. The molecule has 3 amide bonds. The van der Waals surface area contributed by atoms with Gasteiger partial charge in [0.1, 0.15) is 5.82 Å². The zero-order valence-corrected chi connectivity index (χ0v) is 18.3. The summed E-state index contributed by atoms with van der Waals surface area (Å²) >= 11 is 0. The van der Waals surface area contributed by atoms with E-state index in [1.54, 1.807) is 33.8 Å². The molecule has 4 rings (SSSR count). The number of rotatable bonds is 3. The van der Waals surface area contributed by atoms with Gasteiger partial charge in [0, 0.05) is 39.6 Å². The second kappa shape index (κ2) is 9.51. The summed E-state index contributed by atoms with van der Waals surface area (Å²) in [7, 11) is 0. The molecule has 1 saturated heterocycles. The van der Waals surface area contributed by atoms with Gasteiger partial charge in [0.15, 0.2) is 0 Å². The Balaban J connectivity index is 1.44. The molecule has 0 aliphatic carbocycles. The van der Waals surface area contributed by atoms with Crippen molar-refractivity contribution in [3.05, 3.63) is 71.0 Å². The first kappa shape index (κ1) is 22.0. The maximum atomic E-state index is 14.0. The van der Waals surface area contributed by atoms with E-state index >= 15 is 0 Å². The van der Waals surface area contributed by atoms with Crippen LogP contribution in [0.3, 0.4) is 0 Å². The second-order valence-corrected chi connectivity index (χ2v) is 8.39. The van der Waals surface area contributed by atoms with Gasteiger partial charge in [0.2, 0.25) is 11.8 Å². The quantitative estimate of drug-likeness (QED) is 0.742. The normalized spacial score (nSPS) is 18.7. The van der Waals surface area contributed by atoms with Gasteiger partial charge < -0.3 is 14.7 Å². The molecule has 1 fully saturated rings. The van der Waals surface area contributed by atoms with E-state index in [0.29, 0.717) is 39.1 Å². The first-order valence-electron chi connectivity index (χ1n) is 11.1. The monoisotopic (exact) mass is 437 g/mol. The number of nitrogens with zero attached hydrogens (tertiary/aromatic N) is 3. The summed E-state index contributed by atoms with van der Waals surface area (Å²) in [5, 5.41) is 0. The van der Waals surface area contributed by atoms with Crippen LogP contribution in [-0.2, 0) is 16.0 Å². The Hall–Kier alpha value is -3.22. The van der Waals surface area contributed by atoms with Crippen LogP contribution < -0.4 is 0 Å². The molecule has 2 aliphatic rings. The number of carbonyl (C=O) groups excluding carboxylic acids is 3. The van der Waals surface area contributed by atoms with Crippen molar-refractivity contribution in [1.29, 1.82) is 0 Å². The van der Waals surface area contributed by atoms with Crippen LogP contribution in [0.1, 0.15) is 47.3 Å². The Bertz CT molecular complexity index is 1020. The summed E-state index contributed by atoms with van der Waals surface area (Å²) in [6.45, 7) is 3.92. The molecule has 7 heteroatoms. The van der Waals surface area contributed by atoms with E-state index in [1.807, 2.05) is 18.2 Å². The summed E-state index contributed by atoms with van der Waals surface area (Å²) in [5.74, 6) is -0.940. The van der Waals surface area contributed by atoms with E-state index in [4.69, 9.17) is 0 Å². The molecule has 2 heterocycles. The Morgan fingerprint density at radius 3 is 2.38 bits per heavy atom. The molecule has 0 N–H and O–H groups in total. The van der Waals surface area contributed by atoms with Crippen molar-refractivity contribution in [3.63, 3.8) is 0 Å². The molecule has 2 aromatic rings. The van der Waals surface area contributed by atoms with Crippen molar-refractivity contribution in [1.82, 2.24) is 14.7 Å². The van der Waals surface area contributed by atoms with E-state index in [0.717, 1.165) is 12.0 Å². The van der Waals surface area contributed by atoms with Gasteiger partial charge in [-0.15, -0.1) is 0 Å². The summed E-state index contributed by atoms with van der Waals surface area (Å²) in [6.07, 6.45) is 1.64. The maximum absolute atomic E-state index is 14.0. The fourth-order valence-corrected chi connectivity index (χ4v) is 4.72. The van der Waals surface area contributed by atoms with E-state index in [2.05, 4.69) is 6.07 Å². The molecule has 6 nitrogen and oxygen atoms in total. The summed E-state index contributed by atoms with van der Waals surface area (Å²) in [4.78, 5) is 43.4. The minimum Gasteiger partial charge on any atom is -0.341 e. The lowest BCUT2D eigenvalue weighted by Crippen LogP contribution is -2.43. The molecular weight excluding hydrogens is 409 g/mol. The van der Waals surface area contributed by atoms with Crippen molar-refractivity contribution >= 4 is 17.7 Å². The molecule has 0 saturated carbocycles. The van der Waals surface area contributed by atoms with Crippen LogP contribution >= 0.6 is 0 Å². The molecule has 0 radical (unpaired) electrons. The summed E-state index contributed by atoms with van der Waals surface area (Å²) in [6, 6.07) is 13.7. The number of halogens is 1. The lowest BCUT2D eigenvalue weighted by atomic mass is 9.90. The molecule has 1 unspecified atom stereocenters. The van der Waals surface area contributed by atoms with Gasteiger partial charge in [-0.3, -0.25) is 14.4 Å². The lowest BCUT2D eigenvalue weighted by molar-refractivity contribution is -0.136. The highest BCUT2D eigenvalue weighted by atomic mass is 19.1. The van der Waals surface area contributed by atoms with Crippen LogP contribution in [0.5, 0.6) is 0 Å². The summed E-state index contributed by atoms with van der Waals surface area (Å²) in [5.41, 5.74) is 2.27. The molecular formula is C25H28FN3O3. The zero-order valence-electron chi connectivity index (χ0n) is 18.3. The number of benzene rings is 2. The molecule has 2 aromatic carbocycles. The zero-order chi connectivity index (χ0) is 22.7. The van der Waals surface area contributed by atoms with Crippen molar-refractivity contribution in [2.24, 2.45) is 0 Å². The topological polar surface area (TPSA) is 60.9 Å². The van der Waals surface area contributed by atoms with Gasteiger partial charge in [-0.25, -0.2) is 4.39 Å². The number of fused-ring (bicyclic) bond motifs is 1. The molecule has 0 bridgehead atoms. The Labute approximate surface area is 187 Å². The van der Waals surface area contributed by atoms with Gasteiger partial charge in [-0.1, -0.05) is 36.4 Å². The van der Waals surface area contributed by atoms with Gasteiger partial charge >= 0.3 is 0 Å². The van der Waals surface area contributed by atoms with Crippen molar-refractivity contribution in [3.8, 4) is 0 Å². The Morgan fingerprint density at radius 2 is 1.59 bits per heavy atom. The van der Waals surface area contributed by atoms with Crippen molar-refractivity contribution in [2.45, 2.75) is 32.2 Å². The first-order valence-corrected chi connectivity index (χ1v) is 11.1. The van der Waals surface area contributed by atoms with Crippen molar-refractivity contribution in [2.75, 3.05) is 32.7 Å². The maximum Gasteiger partial charge on any atom is 0.256 e. The highest BCUT2D eigenvalue weighted by molar-refractivity contribution is 5.94. The second-order valence-electron chi connectivity index (χ2n) is 8.39. The van der Waals surface area contributed by atoms with Gasteiger partial charge in [-0.2, -0.15) is 0 Å². The van der Waals surface area contributed by atoms with Crippen LogP contribution in [0.4, 0.5) is 4.39 Å². The van der Waals surface area contributed by atoms with E-state index < -0.39 is 5.82 Å². The third kappa shape index (κ3) is 4.52. The molecule has 0 spiro atoms. The Kier molecular flexibility index (Phi) is 6.53. The third-order valence-corrected chi connectivity index (χ3v) is 6.42. The molecule has 2 aliphatic heterocycles. The van der Waals surface area contributed by atoms with E-state index in [1.165, 1.54) is 17.7 Å². The van der Waals surface area contributed by atoms with Gasteiger partial charge in [0.05, 0.1) is 18.0 Å². The lowest BCUT2D eigenvalue weighted by Gasteiger charge is -2.37. The average molecular weight is 438 g/mol. The molecule has 168 valence electrons. The number of carbonyl (C=O) groups is 3. The van der Waals surface area contributed by atoms with Crippen LogP contribution in [0.15, 0.2) is 48.5 Å². The molecule has 1 atom stereocenters. The Morgan fingerprint density at radius 1 is 0.906 bits per heavy atom. The largest absolute Gasteiger partial charge is 0.341 e. The minimum atomic E-state index is -0.532. The molecule has 0 aromatic heterocycles. The van der Waals surface area contributed by atoms with Gasteiger partial charge in [-0.05, 0) is 36.1 Å². The number of amides is 3. The fraction of sp³-hybridized carbons (Fsp3) is 0.400. The predicted octanol–water partition coefficient (Wildman–Crippen LogP) is 3.04. The average Bonchev–Trinajstić information content (AvgIpc) is 3.05. The van der Waals surface area contributed by atoms with Crippen molar-refractivity contribution < 1.29 is 18.8 Å². The SMILES string of the molecule is CC(=O)N1CCc2ccccc2C1CC(=O)N1CCCN(C(=O)c2ccccc2F)CC1. The van der Waals surface area contributed by atoms with Crippen LogP contribution in [0.2, 0.25) is 0 Å². The van der Waals surface area contributed by atoms with Crippen LogP contribution in [0, 0.1) is 5.82 Å². The fourth-order valence-electron chi connectivity index (χ4n) is 4.72. The van der Waals surface area contributed by atoms with E-state index in [9.17, 15) is 18.8 Å². The first-order chi connectivity index (χ1) is 15.5. The third-order valence-electron chi connectivity index (χ3n) is 6.42. The smallest absolute Gasteiger partial charge is 0.256 e. The standard InChI is InChI=1S/C25H28FN3O3/c1-18(30)29-14-11-19-7-2-3-8-20(19)23(29)17-24(31)27-12-6-13-28(16-15-27)25(32)21-9-4-5-10-22(21)26/h2-5,7-10,23H,6,11-17H2,1H3.